The number of nitrogens with zero attached hydrogens (tertiary/aromatic N) is 2. The Morgan fingerprint density at radius 3 is 2.29 bits per heavy atom. The van der Waals surface area contributed by atoms with Crippen LogP contribution in [-0.2, 0) is 16.0 Å². The number of fused-ring (bicyclic) bond motifs is 1. The maximum atomic E-state index is 13.8. The second-order valence-electron chi connectivity index (χ2n) is 7.59. The molecule has 2 heterocycles. The fourth-order valence-corrected chi connectivity index (χ4v) is 4.57. The molecular formula is C25H18Cl2N2O2. The summed E-state index contributed by atoms with van der Waals surface area (Å²) in [5, 5.41) is 1.07. The van der Waals surface area contributed by atoms with Gasteiger partial charge in [0.2, 0.25) is 0 Å². The van der Waals surface area contributed by atoms with Crippen LogP contribution in [0.2, 0.25) is 10.0 Å². The third kappa shape index (κ3) is 3.14. The first-order valence-electron chi connectivity index (χ1n) is 9.97. The first-order chi connectivity index (χ1) is 15.0. The fraction of sp³-hybridized carbons (Fsp3) is 0.120. The van der Waals surface area contributed by atoms with Crippen molar-refractivity contribution in [1.29, 1.82) is 0 Å². The van der Waals surface area contributed by atoms with Gasteiger partial charge in [0.05, 0.1) is 11.3 Å². The predicted molar refractivity (Wildman–Crippen MR) is 125 cm³/mol. The van der Waals surface area contributed by atoms with Crippen LogP contribution >= 0.6 is 23.2 Å². The van der Waals surface area contributed by atoms with E-state index in [-0.39, 0.29) is 11.8 Å². The third-order valence-electron chi connectivity index (χ3n) is 5.83. The number of para-hydroxylation sites is 1. The first-order valence-corrected chi connectivity index (χ1v) is 10.7. The first kappa shape index (κ1) is 19.9. The van der Waals surface area contributed by atoms with Gasteiger partial charge in [0.1, 0.15) is 5.70 Å². The van der Waals surface area contributed by atoms with Crippen LogP contribution in [0.3, 0.4) is 0 Å². The van der Waals surface area contributed by atoms with Gasteiger partial charge in [-0.3, -0.25) is 9.59 Å². The second-order valence-corrected chi connectivity index (χ2v) is 8.43. The number of carbonyl (C=O) groups is 2. The van der Waals surface area contributed by atoms with E-state index in [1.807, 2.05) is 30.0 Å². The molecule has 0 unspecified atom stereocenters. The van der Waals surface area contributed by atoms with E-state index in [1.165, 1.54) is 4.90 Å². The van der Waals surface area contributed by atoms with E-state index in [2.05, 4.69) is 6.07 Å². The molecule has 0 radical (unpaired) electrons. The lowest BCUT2D eigenvalue weighted by Crippen LogP contribution is -2.35. The number of anilines is 2. The zero-order valence-electron chi connectivity index (χ0n) is 16.7. The van der Waals surface area contributed by atoms with Crippen molar-refractivity contribution < 1.29 is 9.59 Å². The number of imide groups is 1. The van der Waals surface area contributed by atoms with E-state index in [1.54, 1.807) is 42.5 Å². The van der Waals surface area contributed by atoms with Crippen molar-refractivity contribution in [3.63, 3.8) is 0 Å². The zero-order chi connectivity index (χ0) is 21.7. The van der Waals surface area contributed by atoms with Crippen LogP contribution in [0.25, 0.3) is 5.57 Å². The summed E-state index contributed by atoms with van der Waals surface area (Å²) in [6, 6.07) is 20.2. The molecule has 0 aliphatic carbocycles. The van der Waals surface area contributed by atoms with Gasteiger partial charge < -0.3 is 4.90 Å². The molecule has 0 saturated heterocycles. The van der Waals surface area contributed by atoms with Crippen molar-refractivity contribution in [2.24, 2.45) is 0 Å². The number of benzene rings is 3. The van der Waals surface area contributed by atoms with Gasteiger partial charge in [-0.2, -0.15) is 0 Å². The van der Waals surface area contributed by atoms with Crippen LogP contribution in [0.4, 0.5) is 11.4 Å². The maximum absolute atomic E-state index is 13.8. The lowest BCUT2D eigenvalue weighted by Gasteiger charge is -2.22. The molecule has 0 fully saturated rings. The molecular weight excluding hydrogens is 431 g/mol. The molecule has 2 amide bonds. The minimum absolute atomic E-state index is 0.350. The van der Waals surface area contributed by atoms with E-state index in [4.69, 9.17) is 23.2 Å². The van der Waals surface area contributed by atoms with Crippen molar-refractivity contribution in [3.8, 4) is 0 Å². The lowest BCUT2D eigenvalue weighted by atomic mass is 10.0. The summed E-state index contributed by atoms with van der Waals surface area (Å²) in [7, 11) is 0. The number of rotatable bonds is 3. The van der Waals surface area contributed by atoms with Crippen molar-refractivity contribution >= 4 is 52.0 Å². The van der Waals surface area contributed by atoms with Crippen LogP contribution in [0.5, 0.6) is 0 Å². The van der Waals surface area contributed by atoms with Gasteiger partial charge in [-0.1, -0.05) is 59.6 Å². The predicted octanol–water partition coefficient (Wildman–Crippen LogP) is 5.65. The highest BCUT2D eigenvalue weighted by atomic mass is 35.5. The second kappa shape index (κ2) is 7.56. The molecule has 0 atom stereocenters. The molecule has 154 valence electrons. The van der Waals surface area contributed by atoms with Gasteiger partial charge in [0.15, 0.2) is 0 Å². The van der Waals surface area contributed by atoms with Gasteiger partial charge in [-0.15, -0.1) is 0 Å². The minimum atomic E-state index is -0.364. The van der Waals surface area contributed by atoms with Crippen molar-refractivity contribution in [3.05, 3.63) is 99.2 Å². The van der Waals surface area contributed by atoms with Gasteiger partial charge in [-0.05, 0) is 60.4 Å². The lowest BCUT2D eigenvalue weighted by molar-refractivity contribution is -0.120. The maximum Gasteiger partial charge on any atom is 0.282 e. The van der Waals surface area contributed by atoms with Gasteiger partial charge in [-0.25, -0.2) is 4.90 Å². The number of halogens is 2. The SMILES string of the molecule is Cc1c(Cl)cccc1N1C(=O)C(c2ccc(Cl)cc2)=C(N2CCc3ccccc32)C1=O. The molecule has 3 aromatic carbocycles. The molecule has 2 aliphatic rings. The largest absolute Gasteiger partial charge is 0.336 e. The van der Waals surface area contributed by atoms with Crippen molar-refractivity contribution in [2.45, 2.75) is 13.3 Å². The number of amides is 2. The van der Waals surface area contributed by atoms with Crippen LogP contribution in [0.1, 0.15) is 16.7 Å². The molecule has 0 bridgehead atoms. The summed E-state index contributed by atoms with van der Waals surface area (Å²) in [5.74, 6) is -0.714. The quantitative estimate of drug-likeness (QED) is 0.486. The molecule has 3 aromatic rings. The summed E-state index contributed by atoms with van der Waals surface area (Å²) < 4.78 is 0. The van der Waals surface area contributed by atoms with Crippen LogP contribution in [-0.4, -0.2) is 18.4 Å². The fourth-order valence-electron chi connectivity index (χ4n) is 4.27. The number of hydrogen-bond donors (Lipinski definition) is 0. The molecule has 6 heteroatoms. The molecule has 0 spiro atoms. The molecule has 0 saturated carbocycles. The molecule has 4 nitrogen and oxygen atoms in total. The third-order valence-corrected chi connectivity index (χ3v) is 6.49. The molecule has 0 N–H and O–H groups in total. The van der Waals surface area contributed by atoms with E-state index in [0.29, 0.717) is 44.7 Å². The Kier molecular flexibility index (Phi) is 4.84. The standard InChI is InChI=1S/C25H18Cl2N2O2/c1-15-19(27)6-4-8-20(15)29-24(30)22(17-9-11-18(26)12-10-17)23(25(29)31)28-14-13-16-5-2-3-7-21(16)28/h2-12H,13-14H2,1H3. The van der Waals surface area contributed by atoms with Gasteiger partial charge >= 0.3 is 0 Å². The Hall–Kier alpha value is -3.08. The Bertz CT molecular complexity index is 1260. The zero-order valence-corrected chi connectivity index (χ0v) is 18.2. The van der Waals surface area contributed by atoms with E-state index >= 15 is 0 Å². The van der Waals surface area contributed by atoms with Crippen molar-refractivity contribution in [2.75, 3.05) is 16.3 Å². The molecule has 2 aliphatic heterocycles. The smallest absolute Gasteiger partial charge is 0.282 e. The van der Waals surface area contributed by atoms with E-state index in [9.17, 15) is 9.59 Å². The molecule has 31 heavy (non-hydrogen) atoms. The molecule has 0 aromatic heterocycles. The average Bonchev–Trinajstić information content (AvgIpc) is 3.29. The Morgan fingerprint density at radius 2 is 1.52 bits per heavy atom. The summed E-state index contributed by atoms with van der Waals surface area (Å²) in [6.07, 6.45) is 0.811. The topological polar surface area (TPSA) is 40.6 Å². The molecule has 5 rings (SSSR count). The number of carbonyl (C=O) groups excluding carboxylic acids is 2. The summed E-state index contributed by atoms with van der Waals surface area (Å²) in [6.45, 7) is 2.44. The summed E-state index contributed by atoms with van der Waals surface area (Å²) in [4.78, 5) is 30.6. The van der Waals surface area contributed by atoms with Crippen LogP contribution in [0, 0.1) is 6.92 Å². The highest BCUT2D eigenvalue weighted by molar-refractivity contribution is 6.47. The van der Waals surface area contributed by atoms with Gasteiger partial charge in [0.25, 0.3) is 11.8 Å². The van der Waals surface area contributed by atoms with E-state index < -0.39 is 0 Å². The normalized spacial score (nSPS) is 15.8. The highest BCUT2D eigenvalue weighted by Crippen LogP contribution is 2.41. The van der Waals surface area contributed by atoms with Crippen molar-refractivity contribution in [1.82, 2.24) is 0 Å². The monoisotopic (exact) mass is 448 g/mol. The van der Waals surface area contributed by atoms with Crippen LogP contribution < -0.4 is 9.80 Å². The Labute approximate surface area is 190 Å². The Morgan fingerprint density at radius 1 is 0.806 bits per heavy atom. The van der Waals surface area contributed by atoms with Crippen LogP contribution in [0.15, 0.2) is 72.4 Å². The Balaban J connectivity index is 1.71. The summed E-state index contributed by atoms with van der Waals surface area (Å²) in [5.41, 5.74) is 4.71. The summed E-state index contributed by atoms with van der Waals surface area (Å²) >= 11 is 12.4. The highest BCUT2D eigenvalue weighted by Gasteiger charge is 2.44. The minimum Gasteiger partial charge on any atom is -0.336 e. The average molecular weight is 449 g/mol. The number of hydrogen-bond acceptors (Lipinski definition) is 3. The van der Waals surface area contributed by atoms with E-state index in [0.717, 1.165) is 17.7 Å². The van der Waals surface area contributed by atoms with Gasteiger partial charge in [0, 0.05) is 22.3 Å².